The van der Waals surface area contributed by atoms with Crippen molar-refractivity contribution in [3.05, 3.63) is 42.0 Å². The van der Waals surface area contributed by atoms with Crippen molar-refractivity contribution in [3.63, 3.8) is 0 Å². The van der Waals surface area contributed by atoms with Crippen LogP contribution >= 0.6 is 0 Å². The van der Waals surface area contributed by atoms with Crippen molar-refractivity contribution < 1.29 is 33.0 Å². The second-order valence-electron chi connectivity index (χ2n) is 7.89. The molecule has 3 amide bonds. The lowest BCUT2D eigenvalue weighted by Crippen LogP contribution is -2.50. The Bertz CT molecular complexity index is 835. The number of amides is 3. The van der Waals surface area contributed by atoms with Gasteiger partial charge in [-0.05, 0) is 25.1 Å². The average molecular weight is 469 g/mol. The van der Waals surface area contributed by atoms with Gasteiger partial charge in [0.1, 0.15) is 17.7 Å². The monoisotopic (exact) mass is 468 g/mol. The smallest absolute Gasteiger partial charge is 0.319 e. The number of morpholine rings is 1. The summed E-state index contributed by atoms with van der Waals surface area (Å²) in [7, 11) is 0. The molecule has 9 nitrogen and oxygen atoms in total. The summed E-state index contributed by atoms with van der Waals surface area (Å²) in [6.07, 6.45) is 2.81. The first-order valence-corrected chi connectivity index (χ1v) is 11.0. The Morgan fingerprint density at radius 2 is 1.97 bits per heavy atom. The number of carbonyl (C=O) groups excluding carboxylic acids is 2. The highest BCUT2D eigenvalue weighted by molar-refractivity contribution is 5.89. The maximum absolute atomic E-state index is 13.7. The summed E-state index contributed by atoms with van der Waals surface area (Å²) in [4.78, 5) is 26.7. The predicted molar refractivity (Wildman–Crippen MR) is 117 cm³/mol. The third kappa shape index (κ3) is 8.04. The number of benzene rings is 1. The van der Waals surface area contributed by atoms with Gasteiger partial charge in [0.2, 0.25) is 5.91 Å². The molecule has 0 unspecified atom stereocenters. The van der Waals surface area contributed by atoms with Crippen molar-refractivity contribution in [2.45, 2.75) is 31.1 Å². The van der Waals surface area contributed by atoms with Gasteiger partial charge in [-0.15, -0.1) is 0 Å². The molecule has 0 spiro atoms. The van der Waals surface area contributed by atoms with Crippen molar-refractivity contribution in [2.75, 3.05) is 51.3 Å². The summed E-state index contributed by atoms with van der Waals surface area (Å²) >= 11 is 0. The third-order valence-corrected chi connectivity index (χ3v) is 5.40. The molecule has 2 aliphatic rings. The van der Waals surface area contributed by atoms with Gasteiger partial charge >= 0.3 is 6.03 Å². The van der Waals surface area contributed by atoms with E-state index in [0.29, 0.717) is 6.54 Å². The number of aliphatic hydroxyl groups excluding tert-OH is 1. The van der Waals surface area contributed by atoms with Crippen LogP contribution in [0.25, 0.3) is 0 Å². The van der Waals surface area contributed by atoms with E-state index in [0.717, 1.165) is 57.5 Å². The van der Waals surface area contributed by atoms with Crippen LogP contribution in [-0.2, 0) is 14.3 Å². The van der Waals surface area contributed by atoms with Gasteiger partial charge in [-0.25, -0.2) is 13.6 Å². The van der Waals surface area contributed by atoms with Crippen LogP contribution in [-0.4, -0.2) is 86.2 Å². The van der Waals surface area contributed by atoms with Crippen LogP contribution in [0.4, 0.5) is 19.3 Å². The van der Waals surface area contributed by atoms with Gasteiger partial charge in [0.05, 0.1) is 44.1 Å². The first-order valence-electron chi connectivity index (χ1n) is 11.0. The fourth-order valence-corrected chi connectivity index (χ4v) is 3.65. The molecule has 0 saturated carbocycles. The fraction of sp³-hybridized carbons (Fsp3) is 0.545. The summed E-state index contributed by atoms with van der Waals surface area (Å²) in [6.45, 7) is 4.33. The van der Waals surface area contributed by atoms with Gasteiger partial charge in [-0.2, -0.15) is 0 Å². The van der Waals surface area contributed by atoms with E-state index in [1.54, 1.807) is 12.2 Å². The normalized spacial score (nSPS) is 23.2. The Kier molecular flexibility index (Phi) is 9.55. The minimum absolute atomic E-state index is 0.0813. The standard InChI is InChI=1S/C22H30F2N4O5/c23-15-2-4-17(24)19(12-15)27-22(31)26-18-5-3-16(33-20(18)14-29)13-21(30)25-6-1-7-28-8-10-32-11-9-28/h2-5,12,16,18,20,29H,1,6-11,13-14H2,(H,25,30)(H2,26,27,31)/t16-,18-,20-/m1/s1. The second kappa shape index (κ2) is 12.6. The molecule has 182 valence electrons. The van der Waals surface area contributed by atoms with E-state index in [-0.39, 0.29) is 18.0 Å². The molecule has 0 radical (unpaired) electrons. The molecule has 1 aromatic rings. The molecule has 2 heterocycles. The number of hydrogen-bond donors (Lipinski definition) is 4. The van der Waals surface area contributed by atoms with Gasteiger partial charge in [0, 0.05) is 25.7 Å². The van der Waals surface area contributed by atoms with E-state index in [4.69, 9.17) is 9.47 Å². The van der Waals surface area contributed by atoms with Crippen molar-refractivity contribution in [3.8, 4) is 0 Å². The summed E-state index contributed by atoms with van der Waals surface area (Å²) in [6, 6.07) is 1.22. The van der Waals surface area contributed by atoms with Crippen LogP contribution in [0.2, 0.25) is 0 Å². The molecule has 1 fully saturated rings. The number of urea groups is 1. The number of halogens is 2. The molecule has 3 rings (SSSR count). The molecule has 3 atom stereocenters. The van der Waals surface area contributed by atoms with Gasteiger partial charge in [-0.1, -0.05) is 12.2 Å². The topological polar surface area (TPSA) is 112 Å². The zero-order valence-electron chi connectivity index (χ0n) is 18.3. The zero-order chi connectivity index (χ0) is 23.6. The first-order chi connectivity index (χ1) is 15.9. The Labute approximate surface area is 191 Å². The number of ether oxygens (including phenoxy) is 2. The van der Waals surface area contributed by atoms with E-state index in [1.165, 1.54) is 0 Å². The predicted octanol–water partition coefficient (Wildman–Crippen LogP) is 0.999. The van der Waals surface area contributed by atoms with Crippen molar-refractivity contribution in [1.82, 2.24) is 15.5 Å². The highest BCUT2D eigenvalue weighted by Gasteiger charge is 2.29. The maximum Gasteiger partial charge on any atom is 0.319 e. The van der Waals surface area contributed by atoms with E-state index in [2.05, 4.69) is 20.9 Å². The number of rotatable bonds is 9. The molecule has 0 bridgehead atoms. The first kappa shape index (κ1) is 25.0. The van der Waals surface area contributed by atoms with Crippen LogP contribution in [0.3, 0.4) is 0 Å². The SMILES string of the molecule is O=C(C[C@H]1C=C[C@@H](NC(=O)Nc2cc(F)ccc2F)[C@@H](CO)O1)NCCCN1CCOCC1. The van der Waals surface area contributed by atoms with E-state index in [9.17, 15) is 23.5 Å². The Hall–Kier alpha value is -2.60. The van der Waals surface area contributed by atoms with E-state index < -0.39 is 42.5 Å². The largest absolute Gasteiger partial charge is 0.394 e. The number of nitrogens with zero attached hydrogens (tertiary/aromatic N) is 1. The second-order valence-corrected chi connectivity index (χ2v) is 7.89. The minimum atomic E-state index is -0.794. The van der Waals surface area contributed by atoms with Gasteiger partial charge < -0.3 is 30.5 Å². The van der Waals surface area contributed by atoms with Crippen LogP contribution in [0.5, 0.6) is 0 Å². The molecular weight excluding hydrogens is 438 g/mol. The van der Waals surface area contributed by atoms with Crippen LogP contribution in [0.1, 0.15) is 12.8 Å². The number of anilines is 1. The lowest BCUT2D eigenvalue weighted by Gasteiger charge is -2.31. The van der Waals surface area contributed by atoms with Crippen molar-refractivity contribution in [1.29, 1.82) is 0 Å². The van der Waals surface area contributed by atoms with Gasteiger partial charge in [-0.3, -0.25) is 9.69 Å². The van der Waals surface area contributed by atoms with Crippen LogP contribution in [0, 0.1) is 11.6 Å². The van der Waals surface area contributed by atoms with E-state index >= 15 is 0 Å². The highest BCUT2D eigenvalue weighted by Crippen LogP contribution is 2.18. The fourth-order valence-electron chi connectivity index (χ4n) is 3.65. The summed E-state index contributed by atoms with van der Waals surface area (Å²) in [5, 5.41) is 17.3. The molecule has 4 N–H and O–H groups in total. The number of carbonyl (C=O) groups is 2. The summed E-state index contributed by atoms with van der Waals surface area (Å²) in [5.41, 5.74) is -0.308. The molecule has 0 aromatic heterocycles. The molecule has 1 aromatic carbocycles. The van der Waals surface area contributed by atoms with Crippen molar-refractivity contribution in [2.24, 2.45) is 0 Å². The lowest BCUT2D eigenvalue weighted by atomic mass is 10.0. The number of hydrogen-bond acceptors (Lipinski definition) is 6. The molecule has 0 aliphatic carbocycles. The molecule has 11 heteroatoms. The summed E-state index contributed by atoms with van der Waals surface area (Å²) < 4.78 is 38.0. The molecule has 33 heavy (non-hydrogen) atoms. The van der Waals surface area contributed by atoms with Gasteiger partial charge in [0.25, 0.3) is 0 Å². The Balaban J connectivity index is 1.41. The maximum atomic E-state index is 13.7. The van der Waals surface area contributed by atoms with Crippen LogP contribution in [0.15, 0.2) is 30.4 Å². The van der Waals surface area contributed by atoms with Crippen LogP contribution < -0.4 is 16.0 Å². The third-order valence-electron chi connectivity index (χ3n) is 5.40. The number of nitrogens with one attached hydrogen (secondary N) is 3. The van der Waals surface area contributed by atoms with Crippen molar-refractivity contribution >= 4 is 17.6 Å². The minimum Gasteiger partial charge on any atom is -0.394 e. The summed E-state index contributed by atoms with van der Waals surface area (Å²) in [5.74, 6) is -1.64. The molecule has 1 saturated heterocycles. The Morgan fingerprint density at radius 3 is 2.73 bits per heavy atom. The van der Waals surface area contributed by atoms with Gasteiger partial charge in [0.15, 0.2) is 0 Å². The Morgan fingerprint density at radius 1 is 1.18 bits per heavy atom. The highest BCUT2D eigenvalue weighted by atomic mass is 19.1. The zero-order valence-corrected chi connectivity index (χ0v) is 18.3. The molecular formula is C22H30F2N4O5. The number of aliphatic hydroxyl groups is 1. The molecule has 2 aliphatic heterocycles. The van der Waals surface area contributed by atoms with E-state index in [1.807, 2.05) is 0 Å². The average Bonchev–Trinajstić information content (AvgIpc) is 2.81. The lowest BCUT2D eigenvalue weighted by molar-refractivity contribution is -0.125. The quantitative estimate of drug-likeness (QED) is 0.318.